The molecular formula is C7H4N4S. The van der Waals surface area contributed by atoms with Crippen molar-refractivity contribution in [1.29, 1.82) is 0 Å². The zero-order chi connectivity index (χ0) is 7.97. The Labute approximate surface area is 71.5 Å². The van der Waals surface area contributed by atoms with Crippen LogP contribution in [0.25, 0.3) is 16.1 Å². The van der Waals surface area contributed by atoms with Gasteiger partial charge in [0.15, 0.2) is 10.6 Å². The fourth-order valence-electron chi connectivity index (χ4n) is 1.20. The molecule has 0 saturated heterocycles. The molecular weight excluding hydrogens is 172 g/mol. The minimum Gasteiger partial charge on any atom is -0.274 e. The maximum Gasteiger partial charge on any atom is 0.195 e. The van der Waals surface area contributed by atoms with Gasteiger partial charge in [0, 0.05) is 11.6 Å². The van der Waals surface area contributed by atoms with E-state index >= 15 is 0 Å². The fourth-order valence-corrected chi connectivity index (χ4v) is 1.91. The third-order valence-electron chi connectivity index (χ3n) is 1.71. The van der Waals surface area contributed by atoms with Crippen molar-refractivity contribution < 1.29 is 0 Å². The second-order valence-electron chi connectivity index (χ2n) is 2.40. The van der Waals surface area contributed by atoms with Crippen molar-refractivity contribution in [2.24, 2.45) is 0 Å². The van der Waals surface area contributed by atoms with Gasteiger partial charge < -0.3 is 0 Å². The lowest BCUT2D eigenvalue weighted by Crippen LogP contribution is -1.81. The molecule has 0 aliphatic rings. The largest absolute Gasteiger partial charge is 0.274 e. The molecule has 0 N–H and O–H groups in total. The van der Waals surface area contributed by atoms with Crippen LogP contribution in [0, 0.1) is 0 Å². The molecule has 12 heavy (non-hydrogen) atoms. The summed E-state index contributed by atoms with van der Waals surface area (Å²) in [4.78, 5) is 13.3. The van der Waals surface area contributed by atoms with Crippen molar-refractivity contribution in [1.82, 2.24) is 19.4 Å². The molecule has 0 aromatic carbocycles. The number of fused-ring (bicyclic) bond motifs is 3. The highest BCUT2D eigenvalue weighted by molar-refractivity contribution is 7.15. The van der Waals surface area contributed by atoms with E-state index in [1.54, 1.807) is 17.5 Å². The van der Waals surface area contributed by atoms with E-state index in [9.17, 15) is 0 Å². The molecule has 0 radical (unpaired) electrons. The van der Waals surface area contributed by atoms with Crippen LogP contribution in [0.4, 0.5) is 0 Å². The zero-order valence-corrected chi connectivity index (χ0v) is 6.82. The van der Waals surface area contributed by atoms with Crippen LogP contribution in [-0.2, 0) is 0 Å². The fraction of sp³-hybridized carbons (Fsp3) is 0. The predicted octanol–water partition coefficient (Wildman–Crippen LogP) is 1.34. The first kappa shape index (κ1) is 6.07. The van der Waals surface area contributed by atoms with Crippen LogP contribution in [0.5, 0.6) is 0 Å². The van der Waals surface area contributed by atoms with Crippen LogP contribution in [0.2, 0.25) is 0 Å². The molecule has 3 rings (SSSR count). The van der Waals surface area contributed by atoms with Crippen LogP contribution in [-0.4, -0.2) is 19.4 Å². The SMILES string of the molecule is c1ncc2nc3sccn3c2n1. The number of rotatable bonds is 0. The molecule has 0 bridgehead atoms. The Bertz CT molecular complexity index is 537. The van der Waals surface area contributed by atoms with Gasteiger partial charge in [-0.15, -0.1) is 11.3 Å². The molecule has 0 aliphatic carbocycles. The molecule has 3 heterocycles. The van der Waals surface area contributed by atoms with E-state index in [1.807, 2.05) is 16.0 Å². The third-order valence-corrected chi connectivity index (χ3v) is 2.46. The average Bonchev–Trinajstić information content (AvgIpc) is 2.62. The standard InChI is InChI=1S/C7H4N4S/c1-2-12-7-10-5-3-8-4-9-6(5)11(1)7/h1-4H. The molecule has 0 unspecified atom stereocenters. The van der Waals surface area contributed by atoms with Gasteiger partial charge in [-0.2, -0.15) is 0 Å². The van der Waals surface area contributed by atoms with Gasteiger partial charge in [-0.1, -0.05) is 0 Å². The highest BCUT2D eigenvalue weighted by atomic mass is 32.1. The summed E-state index contributed by atoms with van der Waals surface area (Å²) in [6, 6.07) is 0. The van der Waals surface area contributed by atoms with Crippen molar-refractivity contribution in [3.05, 3.63) is 24.1 Å². The first-order chi connectivity index (χ1) is 5.95. The highest BCUT2D eigenvalue weighted by Gasteiger charge is 2.04. The molecule has 0 fully saturated rings. The molecule has 0 amide bonds. The Morgan fingerprint density at radius 2 is 2.42 bits per heavy atom. The van der Waals surface area contributed by atoms with Gasteiger partial charge >= 0.3 is 0 Å². The molecule has 5 heteroatoms. The van der Waals surface area contributed by atoms with Gasteiger partial charge in [0.25, 0.3) is 0 Å². The Kier molecular flexibility index (Phi) is 1.02. The zero-order valence-electron chi connectivity index (χ0n) is 6.01. The van der Waals surface area contributed by atoms with Crippen LogP contribution >= 0.6 is 11.3 Å². The van der Waals surface area contributed by atoms with Crippen LogP contribution < -0.4 is 0 Å². The summed E-state index contributed by atoms with van der Waals surface area (Å²) >= 11 is 1.60. The summed E-state index contributed by atoms with van der Waals surface area (Å²) in [5.41, 5.74) is 1.73. The van der Waals surface area contributed by atoms with Crippen molar-refractivity contribution >= 4 is 27.5 Å². The summed E-state index contributed by atoms with van der Waals surface area (Å²) in [6.07, 6.45) is 5.22. The third kappa shape index (κ3) is 0.634. The lowest BCUT2D eigenvalue weighted by Gasteiger charge is -1.84. The summed E-state index contributed by atoms with van der Waals surface area (Å²) < 4.78 is 1.96. The van der Waals surface area contributed by atoms with E-state index in [4.69, 9.17) is 0 Å². The van der Waals surface area contributed by atoms with Crippen molar-refractivity contribution in [3.63, 3.8) is 0 Å². The van der Waals surface area contributed by atoms with Crippen molar-refractivity contribution in [2.45, 2.75) is 0 Å². The first-order valence-electron chi connectivity index (χ1n) is 3.46. The van der Waals surface area contributed by atoms with Gasteiger partial charge in [0.1, 0.15) is 11.8 Å². The predicted molar refractivity (Wildman–Crippen MR) is 46.2 cm³/mol. The number of hydrogen-bond donors (Lipinski definition) is 0. The first-order valence-corrected chi connectivity index (χ1v) is 4.34. The molecule has 0 aliphatic heterocycles. The quantitative estimate of drug-likeness (QED) is 0.519. The molecule has 58 valence electrons. The van der Waals surface area contributed by atoms with Crippen molar-refractivity contribution in [3.8, 4) is 0 Å². The molecule has 3 aromatic heterocycles. The molecule has 4 nitrogen and oxygen atoms in total. The lowest BCUT2D eigenvalue weighted by molar-refractivity contribution is 1.16. The summed E-state index contributed by atoms with van der Waals surface area (Å²) in [5, 5.41) is 1.99. The van der Waals surface area contributed by atoms with E-state index < -0.39 is 0 Å². The number of thiazole rings is 1. The number of aromatic nitrogens is 4. The van der Waals surface area contributed by atoms with Gasteiger partial charge in [-0.05, 0) is 0 Å². The second-order valence-corrected chi connectivity index (χ2v) is 3.27. The Morgan fingerprint density at radius 3 is 3.42 bits per heavy atom. The van der Waals surface area contributed by atoms with E-state index in [1.165, 1.54) is 6.33 Å². The smallest absolute Gasteiger partial charge is 0.195 e. The van der Waals surface area contributed by atoms with E-state index in [0.29, 0.717) is 0 Å². The topological polar surface area (TPSA) is 43.1 Å². The molecule has 0 saturated carbocycles. The monoisotopic (exact) mass is 176 g/mol. The van der Waals surface area contributed by atoms with Gasteiger partial charge in [-0.3, -0.25) is 4.40 Å². The summed E-state index contributed by atoms with van der Waals surface area (Å²) in [7, 11) is 0. The lowest BCUT2D eigenvalue weighted by atomic mass is 10.6. The summed E-state index contributed by atoms with van der Waals surface area (Å²) in [6.45, 7) is 0. The molecule has 3 aromatic rings. The van der Waals surface area contributed by atoms with E-state index in [2.05, 4.69) is 15.0 Å². The van der Waals surface area contributed by atoms with Gasteiger partial charge in [-0.25, -0.2) is 15.0 Å². The summed E-state index contributed by atoms with van der Waals surface area (Å²) in [5.74, 6) is 0. The van der Waals surface area contributed by atoms with E-state index in [0.717, 1.165) is 16.1 Å². The molecule has 0 spiro atoms. The minimum atomic E-state index is 0.851. The van der Waals surface area contributed by atoms with Gasteiger partial charge in [0.05, 0.1) is 6.20 Å². The average molecular weight is 176 g/mol. The maximum atomic E-state index is 4.33. The highest BCUT2D eigenvalue weighted by Crippen LogP contribution is 2.16. The molecule has 0 atom stereocenters. The van der Waals surface area contributed by atoms with Crippen molar-refractivity contribution in [2.75, 3.05) is 0 Å². The van der Waals surface area contributed by atoms with Crippen LogP contribution in [0.3, 0.4) is 0 Å². The van der Waals surface area contributed by atoms with Crippen LogP contribution in [0.1, 0.15) is 0 Å². The number of imidazole rings is 1. The van der Waals surface area contributed by atoms with E-state index in [-0.39, 0.29) is 0 Å². The minimum absolute atomic E-state index is 0.851. The van der Waals surface area contributed by atoms with Gasteiger partial charge in [0.2, 0.25) is 0 Å². The Morgan fingerprint density at radius 1 is 1.42 bits per heavy atom. The number of hydrogen-bond acceptors (Lipinski definition) is 4. The Hall–Kier alpha value is -1.49. The van der Waals surface area contributed by atoms with Crippen LogP contribution in [0.15, 0.2) is 24.1 Å². The second kappa shape index (κ2) is 2.01. The Balaban J connectivity index is 2.68. The normalized spacial score (nSPS) is 11.3. The number of nitrogens with zero attached hydrogens (tertiary/aromatic N) is 4. The maximum absolute atomic E-state index is 4.33.